The number of nitrogens with one attached hydrogen (secondary N) is 1. The number of hydrogen-bond acceptors (Lipinski definition) is 6. The van der Waals surface area contributed by atoms with Crippen LogP contribution in [0.25, 0.3) is 0 Å². The highest BCUT2D eigenvalue weighted by molar-refractivity contribution is 5.94. The van der Waals surface area contributed by atoms with Gasteiger partial charge in [-0.2, -0.15) is 5.10 Å². The van der Waals surface area contributed by atoms with Gasteiger partial charge in [0, 0.05) is 24.9 Å². The highest BCUT2D eigenvalue weighted by Crippen LogP contribution is 2.40. The quantitative estimate of drug-likeness (QED) is 0.729. The van der Waals surface area contributed by atoms with Gasteiger partial charge in [-0.25, -0.2) is 0 Å². The van der Waals surface area contributed by atoms with E-state index in [0.29, 0.717) is 24.5 Å². The van der Waals surface area contributed by atoms with Crippen molar-refractivity contribution in [1.29, 1.82) is 0 Å². The molecule has 0 saturated heterocycles. The van der Waals surface area contributed by atoms with Crippen molar-refractivity contribution in [2.75, 3.05) is 12.4 Å². The standard InChI is InChI=1S/C20H22N4O4/c1-11-16(12(2)28-23-11)10-27-17-6-5-13(7-18(17)26-4)14-8-19(25)22-20-15(14)9-21-24(20)3/h5-7,9,14H,8,10H2,1-4H3,(H,22,25). The van der Waals surface area contributed by atoms with E-state index in [1.54, 1.807) is 18.0 Å². The zero-order valence-electron chi connectivity index (χ0n) is 16.3. The number of aromatic nitrogens is 3. The number of hydrogen-bond donors (Lipinski definition) is 1. The van der Waals surface area contributed by atoms with Crippen LogP contribution in [0.1, 0.15) is 40.5 Å². The summed E-state index contributed by atoms with van der Waals surface area (Å²) >= 11 is 0. The molecule has 1 amide bonds. The van der Waals surface area contributed by atoms with Crippen LogP contribution in [0.4, 0.5) is 5.82 Å². The van der Waals surface area contributed by atoms with E-state index in [1.165, 1.54) is 0 Å². The maximum absolute atomic E-state index is 12.2. The first-order valence-electron chi connectivity index (χ1n) is 9.02. The van der Waals surface area contributed by atoms with E-state index < -0.39 is 0 Å². The molecule has 3 heterocycles. The van der Waals surface area contributed by atoms with Gasteiger partial charge in [-0.1, -0.05) is 11.2 Å². The molecule has 0 fully saturated rings. The first-order valence-corrected chi connectivity index (χ1v) is 9.02. The van der Waals surface area contributed by atoms with E-state index in [2.05, 4.69) is 15.6 Å². The van der Waals surface area contributed by atoms with Crippen molar-refractivity contribution in [3.05, 3.63) is 52.5 Å². The summed E-state index contributed by atoms with van der Waals surface area (Å²) in [6, 6.07) is 5.75. The average molecular weight is 382 g/mol. The summed E-state index contributed by atoms with van der Waals surface area (Å²) in [5.41, 5.74) is 3.71. The van der Waals surface area contributed by atoms with Crippen molar-refractivity contribution in [1.82, 2.24) is 14.9 Å². The highest BCUT2D eigenvalue weighted by Gasteiger charge is 2.30. The van der Waals surface area contributed by atoms with Gasteiger partial charge in [-0.05, 0) is 31.5 Å². The lowest BCUT2D eigenvalue weighted by molar-refractivity contribution is -0.116. The fourth-order valence-corrected chi connectivity index (χ4v) is 3.52. The van der Waals surface area contributed by atoms with Gasteiger partial charge < -0.3 is 19.3 Å². The van der Waals surface area contributed by atoms with Crippen LogP contribution < -0.4 is 14.8 Å². The Hall–Kier alpha value is -3.29. The first-order chi connectivity index (χ1) is 13.5. The topological polar surface area (TPSA) is 91.4 Å². The SMILES string of the molecule is COc1cc(C2CC(=O)Nc3c2cnn3C)ccc1OCc1c(C)noc1C. The summed E-state index contributed by atoms with van der Waals surface area (Å²) in [4.78, 5) is 12.2. The Morgan fingerprint density at radius 3 is 2.86 bits per heavy atom. The van der Waals surface area contributed by atoms with Crippen molar-refractivity contribution in [3.8, 4) is 11.5 Å². The van der Waals surface area contributed by atoms with E-state index in [4.69, 9.17) is 14.0 Å². The van der Waals surface area contributed by atoms with Crippen LogP contribution in [0.2, 0.25) is 0 Å². The van der Waals surface area contributed by atoms with Gasteiger partial charge in [-0.15, -0.1) is 0 Å². The fourth-order valence-electron chi connectivity index (χ4n) is 3.52. The molecular formula is C20H22N4O4. The molecule has 0 bridgehead atoms. The molecular weight excluding hydrogens is 360 g/mol. The molecule has 0 saturated carbocycles. The molecule has 1 aliphatic heterocycles. The monoisotopic (exact) mass is 382 g/mol. The molecule has 4 rings (SSSR count). The normalized spacial score (nSPS) is 15.9. The predicted octanol–water partition coefficient (Wildman–Crippen LogP) is 3.09. The minimum Gasteiger partial charge on any atom is -0.493 e. The zero-order valence-corrected chi connectivity index (χ0v) is 16.3. The number of benzene rings is 1. The summed E-state index contributed by atoms with van der Waals surface area (Å²) in [6.45, 7) is 4.09. The lowest BCUT2D eigenvalue weighted by Gasteiger charge is -2.24. The number of aryl methyl sites for hydroxylation is 3. The summed E-state index contributed by atoms with van der Waals surface area (Å²) < 4.78 is 18.3. The lowest BCUT2D eigenvalue weighted by atomic mass is 9.87. The number of carbonyl (C=O) groups excluding carboxylic acids is 1. The largest absolute Gasteiger partial charge is 0.493 e. The lowest BCUT2D eigenvalue weighted by Crippen LogP contribution is -2.24. The third-order valence-corrected chi connectivity index (χ3v) is 5.13. The van der Waals surface area contributed by atoms with Crippen molar-refractivity contribution in [2.45, 2.75) is 32.8 Å². The molecule has 2 aromatic heterocycles. The van der Waals surface area contributed by atoms with E-state index in [9.17, 15) is 4.79 Å². The van der Waals surface area contributed by atoms with Crippen LogP contribution in [0.15, 0.2) is 28.9 Å². The predicted molar refractivity (Wildman–Crippen MR) is 102 cm³/mol. The average Bonchev–Trinajstić information content (AvgIpc) is 3.21. The Balaban J connectivity index is 1.61. The van der Waals surface area contributed by atoms with Gasteiger partial charge in [0.05, 0.1) is 24.6 Å². The van der Waals surface area contributed by atoms with Gasteiger partial charge in [0.1, 0.15) is 18.2 Å². The zero-order chi connectivity index (χ0) is 19.8. The molecule has 1 aromatic carbocycles. The highest BCUT2D eigenvalue weighted by atomic mass is 16.5. The van der Waals surface area contributed by atoms with Crippen LogP contribution >= 0.6 is 0 Å². The van der Waals surface area contributed by atoms with Crippen molar-refractivity contribution < 1.29 is 18.8 Å². The second kappa shape index (κ2) is 7.03. The van der Waals surface area contributed by atoms with Crippen molar-refractivity contribution in [3.63, 3.8) is 0 Å². The van der Waals surface area contributed by atoms with Crippen LogP contribution in [-0.2, 0) is 18.4 Å². The Labute approximate surface area is 162 Å². The number of nitrogens with zero attached hydrogens (tertiary/aromatic N) is 3. The number of carbonyl (C=O) groups is 1. The summed E-state index contributed by atoms with van der Waals surface area (Å²) in [6.07, 6.45) is 2.16. The minimum atomic E-state index is -0.0806. The van der Waals surface area contributed by atoms with Gasteiger partial charge in [0.25, 0.3) is 0 Å². The Kier molecular flexibility index (Phi) is 4.54. The van der Waals surface area contributed by atoms with Crippen LogP contribution in [-0.4, -0.2) is 28.0 Å². The number of ether oxygens (including phenoxy) is 2. The number of rotatable bonds is 5. The molecule has 0 spiro atoms. The molecule has 0 radical (unpaired) electrons. The second-order valence-corrected chi connectivity index (χ2v) is 6.88. The molecule has 1 atom stereocenters. The molecule has 8 nitrogen and oxygen atoms in total. The van der Waals surface area contributed by atoms with E-state index >= 15 is 0 Å². The van der Waals surface area contributed by atoms with E-state index in [1.807, 2.05) is 39.1 Å². The number of fused-ring (bicyclic) bond motifs is 1. The third kappa shape index (κ3) is 3.11. The first kappa shape index (κ1) is 18.1. The number of methoxy groups -OCH3 is 1. The smallest absolute Gasteiger partial charge is 0.226 e. The van der Waals surface area contributed by atoms with E-state index in [-0.39, 0.29) is 11.8 Å². The maximum Gasteiger partial charge on any atom is 0.226 e. The molecule has 8 heteroatoms. The minimum absolute atomic E-state index is 0.0289. The van der Waals surface area contributed by atoms with Gasteiger partial charge in [-0.3, -0.25) is 9.48 Å². The molecule has 1 N–H and O–H groups in total. The summed E-state index contributed by atoms with van der Waals surface area (Å²) in [5.74, 6) is 2.60. The Morgan fingerprint density at radius 1 is 1.32 bits per heavy atom. The van der Waals surface area contributed by atoms with Gasteiger partial charge in [0.2, 0.25) is 5.91 Å². The Morgan fingerprint density at radius 2 is 2.14 bits per heavy atom. The fraction of sp³-hybridized carbons (Fsp3) is 0.350. The van der Waals surface area contributed by atoms with Crippen molar-refractivity contribution >= 4 is 11.7 Å². The number of amides is 1. The molecule has 0 aliphatic carbocycles. The van der Waals surface area contributed by atoms with Crippen LogP contribution in [0.3, 0.4) is 0 Å². The Bertz CT molecular complexity index is 1020. The molecule has 1 aliphatic rings. The number of anilines is 1. The molecule has 146 valence electrons. The molecule has 28 heavy (non-hydrogen) atoms. The van der Waals surface area contributed by atoms with E-state index in [0.717, 1.165) is 34.0 Å². The molecule has 1 unspecified atom stereocenters. The van der Waals surface area contributed by atoms with Gasteiger partial charge >= 0.3 is 0 Å². The van der Waals surface area contributed by atoms with Gasteiger partial charge in [0.15, 0.2) is 11.5 Å². The van der Waals surface area contributed by atoms with Crippen LogP contribution in [0.5, 0.6) is 11.5 Å². The summed E-state index contributed by atoms with van der Waals surface area (Å²) in [5, 5.41) is 11.1. The third-order valence-electron chi connectivity index (χ3n) is 5.13. The second-order valence-electron chi connectivity index (χ2n) is 6.88. The molecule has 3 aromatic rings. The van der Waals surface area contributed by atoms with Crippen molar-refractivity contribution in [2.24, 2.45) is 7.05 Å². The maximum atomic E-state index is 12.2. The van der Waals surface area contributed by atoms with Crippen LogP contribution in [0, 0.1) is 13.8 Å². The summed E-state index contributed by atoms with van der Waals surface area (Å²) in [7, 11) is 3.42.